The Kier molecular flexibility index (Phi) is 3.89. The Bertz CT molecular complexity index is 962. The van der Waals surface area contributed by atoms with Gasteiger partial charge in [0.25, 0.3) is 5.91 Å². The summed E-state index contributed by atoms with van der Waals surface area (Å²) in [6, 6.07) is 13.4. The molecule has 0 bridgehead atoms. The number of rotatable bonds is 3. The first-order chi connectivity index (χ1) is 12.1. The molecule has 0 radical (unpaired) electrons. The number of amides is 1. The minimum Gasteiger partial charge on any atom is -0.481 e. The van der Waals surface area contributed by atoms with Gasteiger partial charge in [-0.1, -0.05) is 30.3 Å². The predicted molar refractivity (Wildman–Crippen MR) is 93.7 cm³/mol. The van der Waals surface area contributed by atoms with Gasteiger partial charge in [0.05, 0.1) is 25.7 Å². The Hall–Kier alpha value is -2.86. The lowest BCUT2D eigenvalue weighted by Crippen LogP contribution is -2.49. The lowest BCUT2D eigenvalue weighted by Gasteiger charge is -2.34. The molecule has 25 heavy (non-hydrogen) atoms. The molecule has 4 rings (SSSR count). The zero-order chi connectivity index (χ0) is 17.4. The van der Waals surface area contributed by atoms with Crippen LogP contribution in [-0.2, 0) is 9.53 Å². The molecule has 2 N–H and O–H groups in total. The number of benzene rings is 2. The van der Waals surface area contributed by atoms with Gasteiger partial charge in [-0.25, -0.2) is 0 Å². The van der Waals surface area contributed by atoms with Crippen LogP contribution in [0.4, 0.5) is 0 Å². The maximum absolute atomic E-state index is 12.9. The van der Waals surface area contributed by atoms with E-state index in [9.17, 15) is 9.59 Å². The number of nitrogens with one attached hydrogen (secondary N) is 1. The number of aromatic nitrogens is 1. The summed E-state index contributed by atoms with van der Waals surface area (Å²) >= 11 is 0. The van der Waals surface area contributed by atoms with Crippen LogP contribution < -0.4 is 0 Å². The third-order valence-corrected chi connectivity index (χ3v) is 4.66. The summed E-state index contributed by atoms with van der Waals surface area (Å²) < 4.78 is 5.35. The number of morpholine rings is 1. The summed E-state index contributed by atoms with van der Waals surface area (Å²) in [6.45, 7) is 1.07. The zero-order valence-electron chi connectivity index (χ0n) is 13.6. The van der Waals surface area contributed by atoms with Gasteiger partial charge in [0, 0.05) is 17.4 Å². The highest BCUT2D eigenvalue weighted by molar-refractivity contribution is 6.09. The highest BCUT2D eigenvalue weighted by Crippen LogP contribution is 2.27. The van der Waals surface area contributed by atoms with E-state index in [2.05, 4.69) is 4.98 Å². The molecule has 0 aliphatic carbocycles. The maximum atomic E-state index is 12.9. The second kappa shape index (κ2) is 6.22. The molecule has 2 heterocycles. The average Bonchev–Trinajstić information content (AvgIpc) is 3.06. The lowest BCUT2D eigenvalue weighted by molar-refractivity contribution is -0.139. The van der Waals surface area contributed by atoms with Gasteiger partial charge in [-0.15, -0.1) is 0 Å². The van der Waals surface area contributed by atoms with Gasteiger partial charge in [-0.2, -0.15) is 0 Å². The maximum Gasteiger partial charge on any atom is 0.305 e. The molecule has 0 spiro atoms. The van der Waals surface area contributed by atoms with Crippen molar-refractivity contribution in [3.8, 4) is 0 Å². The molecule has 1 aliphatic rings. The Labute approximate surface area is 144 Å². The fraction of sp³-hybridized carbons (Fsp3) is 0.263. The molecule has 128 valence electrons. The molecule has 2 aromatic carbocycles. The molecule has 1 saturated heterocycles. The molecule has 6 heteroatoms. The van der Waals surface area contributed by atoms with E-state index in [0.717, 1.165) is 21.7 Å². The number of carboxylic acid groups (broad SMARTS) is 1. The van der Waals surface area contributed by atoms with Crippen LogP contribution in [0.15, 0.2) is 42.5 Å². The highest BCUT2D eigenvalue weighted by atomic mass is 16.5. The van der Waals surface area contributed by atoms with Gasteiger partial charge in [-0.3, -0.25) is 9.59 Å². The summed E-state index contributed by atoms with van der Waals surface area (Å²) in [7, 11) is 0. The molecule has 1 unspecified atom stereocenters. The van der Waals surface area contributed by atoms with E-state index in [1.165, 1.54) is 0 Å². The van der Waals surface area contributed by atoms with Crippen molar-refractivity contribution >= 4 is 33.6 Å². The number of carbonyl (C=O) groups is 2. The number of nitrogens with zero attached hydrogens (tertiary/aromatic N) is 1. The van der Waals surface area contributed by atoms with Crippen molar-refractivity contribution in [2.24, 2.45) is 0 Å². The summed E-state index contributed by atoms with van der Waals surface area (Å²) in [6.07, 6.45) is -0.116. The molecule has 6 nitrogen and oxygen atoms in total. The van der Waals surface area contributed by atoms with E-state index in [4.69, 9.17) is 9.84 Å². The highest BCUT2D eigenvalue weighted by Gasteiger charge is 2.30. The smallest absolute Gasteiger partial charge is 0.305 e. The van der Waals surface area contributed by atoms with E-state index in [1.807, 2.05) is 42.5 Å². The zero-order valence-corrected chi connectivity index (χ0v) is 13.6. The number of carbonyl (C=O) groups excluding carboxylic acids is 1. The van der Waals surface area contributed by atoms with E-state index < -0.39 is 12.0 Å². The summed E-state index contributed by atoms with van der Waals surface area (Å²) in [4.78, 5) is 28.8. The predicted octanol–water partition coefficient (Wildman–Crippen LogP) is 2.64. The number of hydrogen-bond donors (Lipinski definition) is 2. The van der Waals surface area contributed by atoms with Crippen molar-refractivity contribution in [2.45, 2.75) is 12.5 Å². The van der Waals surface area contributed by atoms with Crippen LogP contribution >= 0.6 is 0 Å². The normalized spacial score (nSPS) is 17.9. The molecular weight excluding hydrogens is 320 g/mol. The molecule has 3 aromatic rings. The Balaban J connectivity index is 1.71. The number of H-pyrrole nitrogens is 1. The third kappa shape index (κ3) is 2.85. The first kappa shape index (κ1) is 15.7. The SMILES string of the molecule is O=C(O)CC1COCCN1C(=O)c1cc2c(ccc3ccccc32)[nH]1. The molecule has 1 aliphatic heterocycles. The van der Waals surface area contributed by atoms with Crippen LogP contribution in [0.2, 0.25) is 0 Å². The van der Waals surface area contributed by atoms with E-state index >= 15 is 0 Å². The van der Waals surface area contributed by atoms with Crippen molar-refractivity contribution in [3.05, 3.63) is 48.2 Å². The van der Waals surface area contributed by atoms with Crippen molar-refractivity contribution in [3.63, 3.8) is 0 Å². The summed E-state index contributed by atoms with van der Waals surface area (Å²) in [5.74, 6) is -1.12. The number of fused-ring (bicyclic) bond motifs is 3. The first-order valence-corrected chi connectivity index (χ1v) is 8.24. The summed E-state index contributed by atoms with van der Waals surface area (Å²) in [5, 5.41) is 12.3. The Morgan fingerprint density at radius 2 is 2.04 bits per heavy atom. The topological polar surface area (TPSA) is 82.6 Å². The van der Waals surface area contributed by atoms with Crippen molar-refractivity contribution in [2.75, 3.05) is 19.8 Å². The van der Waals surface area contributed by atoms with E-state index in [0.29, 0.717) is 18.8 Å². The van der Waals surface area contributed by atoms with Crippen molar-refractivity contribution in [1.82, 2.24) is 9.88 Å². The van der Waals surface area contributed by atoms with Gasteiger partial charge >= 0.3 is 5.97 Å². The standard InChI is InChI=1S/C19H18N2O4/c22-18(23)9-13-11-25-8-7-21(13)19(24)17-10-15-14-4-2-1-3-12(14)5-6-16(15)20-17/h1-6,10,13,20H,7-9,11H2,(H,22,23). The van der Waals surface area contributed by atoms with Gasteiger partial charge in [0.2, 0.25) is 0 Å². The monoisotopic (exact) mass is 338 g/mol. The molecule has 1 aromatic heterocycles. The molecule has 0 saturated carbocycles. The Morgan fingerprint density at radius 1 is 1.20 bits per heavy atom. The largest absolute Gasteiger partial charge is 0.481 e. The second-order valence-electron chi connectivity index (χ2n) is 6.26. The van der Waals surface area contributed by atoms with Crippen LogP contribution in [0.1, 0.15) is 16.9 Å². The van der Waals surface area contributed by atoms with Crippen LogP contribution in [0.25, 0.3) is 21.7 Å². The van der Waals surface area contributed by atoms with E-state index in [-0.39, 0.29) is 18.9 Å². The minimum absolute atomic E-state index is 0.116. The van der Waals surface area contributed by atoms with E-state index in [1.54, 1.807) is 4.90 Å². The third-order valence-electron chi connectivity index (χ3n) is 4.66. The minimum atomic E-state index is -0.934. The second-order valence-corrected chi connectivity index (χ2v) is 6.26. The van der Waals surface area contributed by atoms with Gasteiger partial charge < -0.3 is 19.7 Å². The average molecular weight is 338 g/mol. The molecule has 1 fully saturated rings. The first-order valence-electron chi connectivity index (χ1n) is 8.24. The lowest BCUT2D eigenvalue weighted by atomic mass is 10.1. The van der Waals surface area contributed by atoms with Crippen LogP contribution in [0.5, 0.6) is 0 Å². The Morgan fingerprint density at radius 3 is 2.88 bits per heavy atom. The van der Waals surface area contributed by atoms with Crippen LogP contribution in [-0.4, -0.2) is 52.7 Å². The molecule has 1 atom stereocenters. The van der Waals surface area contributed by atoms with Crippen LogP contribution in [0.3, 0.4) is 0 Å². The van der Waals surface area contributed by atoms with Crippen LogP contribution in [0, 0.1) is 0 Å². The van der Waals surface area contributed by atoms with Gasteiger partial charge in [0.1, 0.15) is 5.69 Å². The molecular formula is C19H18N2O4. The number of aromatic amines is 1. The van der Waals surface area contributed by atoms with Gasteiger partial charge in [-0.05, 0) is 22.9 Å². The fourth-order valence-corrected chi connectivity index (χ4v) is 3.45. The van der Waals surface area contributed by atoms with Crippen molar-refractivity contribution < 1.29 is 19.4 Å². The summed E-state index contributed by atoms with van der Waals surface area (Å²) in [5.41, 5.74) is 1.37. The number of carboxylic acids is 1. The number of hydrogen-bond acceptors (Lipinski definition) is 3. The fourth-order valence-electron chi connectivity index (χ4n) is 3.45. The quantitative estimate of drug-likeness (QED) is 0.769. The van der Waals surface area contributed by atoms with Gasteiger partial charge in [0.15, 0.2) is 0 Å². The number of aliphatic carboxylic acids is 1. The van der Waals surface area contributed by atoms with Crippen molar-refractivity contribution in [1.29, 1.82) is 0 Å². The number of ether oxygens (including phenoxy) is 1. The molecule has 1 amide bonds.